The second-order valence-corrected chi connectivity index (χ2v) is 5.96. The number of aromatic amines is 1. The molecular formula is C20H18N4O2. The fraction of sp³-hybridized carbons (Fsp3) is 0.100. The molecule has 0 bridgehead atoms. The number of ether oxygens (including phenoxy) is 1. The van der Waals surface area contributed by atoms with Crippen LogP contribution in [-0.2, 0) is 6.54 Å². The van der Waals surface area contributed by atoms with E-state index in [-0.39, 0.29) is 5.69 Å². The van der Waals surface area contributed by atoms with E-state index >= 15 is 0 Å². The number of hydrogen-bond acceptors (Lipinski definition) is 3. The molecule has 4 aromatic rings. The van der Waals surface area contributed by atoms with Crippen molar-refractivity contribution in [2.45, 2.75) is 6.54 Å². The monoisotopic (exact) mass is 346 g/mol. The van der Waals surface area contributed by atoms with Crippen LogP contribution in [0.15, 0.2) is 78.1 Å². The molecule has 26 heavy (non-hydrogen) atoms. The van der Waals surface area contributed by atoms with Crippen LogP contribution in [0, 0.1) is 0 Å². The fourth-order valence-corrected chi connectivity index (χ4v) is 2.92. The number of nitrogens with zero attached hydrogens (tertiary/aromatic N) is 3. The lowest BCUT2D eigenvalue weighted by Crippen LogP contribution is -2.23. The minimum Gasteiger partial charge on any atom is -0.497 e. The van der Waals surface area contributed by atoms with Crippen molar-refractivity contribution in [3.8, 4) is 22.6 Å². The smallest absolute Gasteiger partial charge is 0.333 e. The summed E-state index contributed by atoms with van der Waals surface area (Å²) in [5.74, 6) is 0.782. The zero-order chi connectivity index (χ0) is 17.9. The molecular weight excluding hydrogens is 328 g/mol. The number of rotatable bonds is 5. The Labute approximate surface area is 150 Å². The third-order valence-corrected chi connectivity index (χ3v) is 4.31. The van der Waals surface area contributed by atoms with E-state index < -0.39 is 0 Å². The summed E-state index contributed by atoms with van der Waals surface area (Å²) in [4.78, 5) is 12.7. The number of hydrogen-bond donors (Lipinski definition) is 1. The average Bonchev–Trinajstić information content (AvgIpc) is 3.33. The SMILES string of the molecule is COc1cccc(Cn2ccn(-c3ccc(-c4cn[nH]c4)cc3)c2=O)c1. The quantitative estimate of drug-likeness (QED) is 0.604. The third kappa shape index (κ3) is 3.04. The van der Waals surface area contributed by atoms with Gasteiger partial charge in [0.05, 0.1) is 25.5 Å². The van der Waals surface area contributed by atoms with Crippen LogP contribution in [-0.4, -0.2) is 26.4 Å². The largest absolute Gasteiger partial charge is 0.497 e. The first-order chi connectivity index (χ1) is 12.7. The highest BCUT2D eigenvalue weighted by atomic mass is 16.5. The number of methoxy groups -OCH3 is 1. The van der Waals surface area contributed by atoms with Gasteiger partial charge >= 0.3 is 5.69 Å². The molecule has 0 aliphatic rings. The van der Waals surface area contributed by atoms with Crippen LogP contribution in [0.1, 0.15) is 5.56 Å². The van der Waals surface area contributed by atoms with Gasteiger partial charge in [-0.05, 0) is 35.4 Å². The van der Waals surface area contributed by atoms with Crippen molar-refractivity contribution in [1.82, 2.24) is 19.3 Å². The van der Waals surface area contributed by atoms with Crippen LogP contribution in [0.3, 0.4) is 0 Å². The molecule has 6 nitrogen and oxygen atoms in total. The van der Waals surface area contributed by atoms with Crippen molar-refractivity contribution < 1.29 is 4.74 Å². The zero-order valence-corrected chi connectivity index (χ0v) is 14.3. The van der Waals surface area contributed by atoms with Gasteiger partial charge in [-0.2, -0.15) is 5.10 Å². The summed E-state index contributed by atoms with van der Waals surface area (Å²) in [6, 6.07) is 15.5. The molecule has 1 N–H and O–H groups in total. The van der Waals surface area contributed by atoms with Gasteiger partial charge in [-0.1, -0.05) is 24.3 Å². The third-order valence-electron chi connectivity index (χ3n) is 4.31. The van der Waals surface area contributed by atoms with Crippen molar-refractivity contribution in [2.24, 2.45) is 0 Å². The number of benzene rings is 2. The first-order valence-corrected chi connectivity index (χ1v) is 8.25. The Morgan fingerprint density at radius 3 is 2.65 bits per heavy atom. The van der Waals surface area contributed by atoms with E-state index in [1.807, 2.05) is 54.7 Å². The van der Waals surface area contributed by atoms with E-state index in [1.54, 1.807) is 34.8 Å². The van der Waals surface area contributed by atoms with Crippen LogP contribution in [0.4, 0.5) is 0 Å². The van der Waals surface area contributed by atoms with E-state index in [2.05, 4.69) is 10.2 Å². The molecule has 0 amide bonds. The predicted octanol–water partition coefficient (Wildman–Crippen LogP) is 3.09. The van der Waals surface area contributed by atoms with E-state index in [1.165, 1.54) is 0 Å². The lowest BCUT2D eigenvalue weighted by atomic mass is 10.1. The van der Waals surface area contributed by atoms with Gasteiger partial charge in [-0.15, -0.1) is 0 Å². The highest BCUT2D eigenvalue weighted by Gasteiger charge is 2.07. The summed E-state index contributed by atoms with van der Waals surface area (Å²) in [5, 5.41) is 6.76. The minimum atomic E-state index is -0.0797. The topological polar surface area (TPSA) is 64.8 Å². The Bertz CT molecular complexity index is 1060. The van der Waals surface area contributed by atoms with Gasteiger partial charge < -0.3 is 4.74 Å². The number of aromatic nitrogens is 4. The molecule has 0 aliphatic heterocycles. The Hall–Kier alpha value is -3.54. The van der Waals surface area contributed by atoms with Crippen LogP contribution >= 0.6 is 0 Å². The molecule has 0 unspecified atom stereocenters. The normalized spacial score (nSPS) is 10.8. The van der Waals surface area contributed by atoms with E-state index in [4.69, 9.17) is 4.74 Å². The summed E-state index contributed by atoms with van der Waals surface area (Å²) in [6.07, 6.45) is 7.19. The fourth-order valence-electron chi connectivity index (χ4n) is 2.92. The van der Waals surface area contributed by atoms with E-state index in [0.717, 1.165) is 28.1 Å². The van der Waals surface area contributed by atoms with Gasteiger partial charge in [0.2, 0.25) is 0 Å². The Morgan fingerprint density at radius 2 is 1.92 bits per heavy atom. The van der Waals surface area contributed by atoms with Crippen LogP contribution in [0.2, 0.25) is 0 Å². The van der Waals surface area contributed by atoms with Crippen molar-refractivity contribution in [3.05, 3.63) is 89.4 Å². The molecule has 0 atom stereocenters. The van der Waals surface area contributed by atoms with Crippen molar-refractivity contribution in [2.75, 3.05) is 7.11 Å². The zero-order valence-electron chi connectivity index (χ0n) is 14.3. The molecule has 0 fully saturated rings. The first-order valence-electron chi connectivity index (χ1n) is 8.25. The highest BCUT2D eigenvalue weighted by Crippen LogP contribution is 2.19. The van der Waals surface area contributed by atoms with Gasteiger partial charge in [0.25, 0.3) is 0 Å². The van der Waals surface area contributed by atoms with Gasteiger partial charge in [0, 0.05) is 24.2 Å². The predicted molar refractivity (Wildman–Crippen MR) is 99.7 cm³/mol. The van der Waals surface area contributed by atoms with Gasteiger partial charge in [0.15, 0.2) is 0 Å². The summed E-state index contributed by atoms with van der Waals surface area (Å²) in [7, 11) is 1.63. The molecule has 2 heterocycles. The average molecular weight is 346 g/mol. The molecule has 0 saturated carbocycles. The lowest BCUT2D eigenvalue weighted by Gasteiger charge is -2.06. The summed E-state index contributed by atoms with van der Waals surface area (Å²) < 4.78 is 8.56. The number of nitrogens with one attached hydrogen (secondary N) is 1. The maximum absolute atomic E-state index is 12.7. The van der Waals surface area contributed by atoms with Crippen molar-refractivity contribution in [1.29, 1.82) is 0 Å². The molecule has 0 radical (unpaired) electrons. The highest BCUT2D eigenvalue weighted by molar-refractivity contribution is 5.62. The molecule has 6 heteroatoms. The number of imidazole rings is 1. The molecule has 0 spiro atoms. The van der Waals surface area contributed by atoms with Crippen LogP contribution in [0.25, 0.3) is 16.8 Å². The van der Waals surface area contributed by atoms with Crippen molar-refractivity contribution >= 4 is 0 Å². The van der Waals surface area contributed by atoms with Gasteiger partial charge in [0.1, 0.15) is 5.75 Å². The van der Waals surface area contributed by atoms with E-state index in [9.17, 15) is 4.79 Å². The number of H-pyrrole nitrogens is 1. The second-order valence-electron chi connectivity index (χ2n) is 5.96. The second kappa shape index (κ2) is 6.76. The summed E-state index contributed by atoms with van der Waals surface area (Å²) >= 11 is 0. The molecule has 0 aliphatic carbocycles. The summed E-state index contributed by atoms with van der Waals surface area (Å²) in [6.45, 7) is 0.496. The first kappa shape index (κ1) is 16.0. The molecule has 130 valence electrons. The molecule has 0 saturated heterocycles. The van der Waals surface area contributed by atoms with E-state index in [0.29, 0.717) is 6.54 Å². The van der Waals surface area contributed by atoms with Crippen molar-refractivity contribution in [3.63, 3.8) is 0 Å². The summed E-state index contributed by atoms with van der Waals surface area (Å²) in [5.41, 5.74) is 3.82. The molecule has 2 aromatic heterocycles. The Morgan fingerprint density at radius 1 is 1.08 bits per heavy atom. The molecule has 2 aromatic carbocycles. The Balaban J connectivity index is 1.60. The van der Waals surface area contributed by atoms with Gasteiger partial charge in [-0.3, -0.25) is 14.2 Å². The van der Waals surface area contributed by atoms with Crippen LogP contribution < -0.4 is 10.4 Å². The van der Waals surface area contributed by atoms with Crippen LogP contribution in [0.5, 0.6) is 5.75 Å². The lowest BCUT2D eigenvalue weighted by molar-refractivity contribution is 0.414. The maximum atomic E-state index is 12.7. The van der Waals surface area contributed by atoms with Gasteiger partial charge in [-0.25, -0.2) is 4.79 Å². The standard InChI is InChI=1S/C20H18N4O2/c1-26-19-4-2-3-15(11-19)14-23-9-10-24(20(23)25)18-7-5-16(6-8-18)17-12-21-22-13-17/h2-13H,14H2,1H3,(H,21,22). The maximum Gasteiger partial charge on any atom is 0.333 e. The minimum absolute atomic E-state index is 0.0797. The molecule has 4 rings (SSSR count). The Kier molecular flexibility index (Phi) is 4.15.